The average Bonchev–Trinajstić information content (AvgIpc) is 2.33. The van der Waals surface area contributed by atoms with Crippen molar-refractivity contribution in [2.24, 2.45) is 0 Å². The lowest BCUT2D eigenvalue weighted by atomic mass is 10.1. The van der Waals surface area contributed by atoms with Crippen LogP contribution < -0.4 is 10.1 Å². The maximum absolute atomic E-state index is 12.3. The molecular weight excluding hydrogens is 275 g/mol. The molecule has 1 aromatic rings. The zero-order valence-corrected chi connectivity index (χ0v) is 11.4. The van der Waals surface area contributed by atoms with E-state index in [2.05, 4.69) is 17.0 Å². The van der Waals surface area contributed by atoms with Gasteiger partial charge in [-0.2, -0.15) is 11.8 Å². The van der Waals surface area contributed by atoms with Gasteiger partial charge in [0.1, 0.15) is 0 Å². The van der Waals surface area contributed by atoms with E-state index >= 15 is 0 Å². The average molecular weight is 291 g/mol. The van der Waals surface area contributed by atoms with Crippen LogP contribution in [0.3, 0.4) is 0 Å². The lowest BCUT2D eigenvalue weighted by molar-refractivity contribution is -0.274. The molecule has 0 aliphatic carbocycles. The van der Waals surface area contributed by atoms with Gasteiger partial charge in [-0.3, -0.25) is 0 Å². The summed E-state index contributed by atoms with van der Waals surface area (Å²) in [5.41, 5.74) is 0.402. The van der Waals surface area contributed by atoms with Crippen molar-refractivity contribution < 1.29 is 17.9 Å². The number of para-hydroxylation sites is 2. The molecule has 1 aliphatic rings. The monoisotopic (exact) mass is 291 g/mol. The Balaban J connectivity index is 2.11. The largest absolute Gasteiger partial charge is 0.573 e. The molecule has 1 saturated heterocycles. The van der Waals surface area contributed by atoms with E-state index in [-0.39, 0.29) is 11.8 Å². The number of alkyl halides is 3. The summed E-state index contributed by atoms with van der Waals surface area (Å²) in [5, 5.41) is 3.56. The third-order valence-electron chi connectivity index (χ3n) is 3.06. The number of hydrogen-bond acceptors (Lipinski definition) is 3. The van der Waals surface area contributed by atoms with Crippen molar-refractivity contribution in [3.63, 3.8) is 0 Å². The van der Waals surface area contributed by atoms with Crippen LogP contribution >= 0.6 is 11.8 Å². The summed E-state index contributed by atoms with van der Waals surface area (Å²) in [5.74, 6) is 0.942. The highest BCUT2D eigenvalue weighted by Gasteiger charge is 2.32. The van der Waals surface area contributed by atoms with Crippen molar-refractivity contribution in [3.8, 4) is 5.75 Å². The SMILES string of the molecule is CC1SCCCC1Nc1ccccc1OC(F)(F)F. The second-order valence-electron chi connectivity index (χ2n) is 4.51. The fourth-order valence-electron chi connectivity index (χ4n) is 2.11. The molecule has 0 spiro atoms. The second-order valence-corrected chi connectivity index (χ2v) is 6.00. The van der Waals surface area contributed by atoms with E-state index in [1.807, 2.05) is 11.8 Å². The topological polar surface area (TPSA) is 21.3 Å². The van der Waals surface area contributed by atoms with Gasteiger partial charge in [0.2, 0.25) is 0 Å². The standard InChI is InChI=1S/C13H16F3NOS/c1-9-10(6-4-8-19-9)17-11-5-2-3-7-12(11)18-13(14,15)16/h2-3,5,7,9-10,17H,4,6,8H2,1H3. The minimum atomic E-state index is -4.66. The van der Waals surface area contributed by atoms with E-state index in [9.17, 15) is 13.2 Å². The summed E-state index contributed by atoms with van der Waals surface area (Å²) in [6.45, 7) is 2.09. The Morgan fingerprint density at radius 2 is 2.05 bits per heavy atom. The molecule has 1 fully saturated rings. The van der Waals surface area contributed by atoms with Crippen LogP contribution in [-0.2, 0) is 0 Å². The number of nitrogens with one attached hydrogen (secondary N) is 1. The van der Waals surface area contributed by atoms with Crippen LogP contribution in [0, 0.1) is 0 Å². The molecule has 2 nitrogen and oxygen atoms in total. The normalized spacial score (nSPS) is 24.0. The van der Waals surface area contributed by atoms with Gasteiger partial charge in [0.05, 0.1) is 5.69 Å². The predicted molar refractivity (Wildman–Crippen MR) is 71.7 cm³/mol. The molecule has 0 aromatic heterocycles. The highest BCUT2D eigenvalue weighted by molar-refractivity contribution is 8.00. The maximum Gasteiger partial charge on any atom is 0.573 e. The predicted octanol–water partition coefficient (Wildman–Crippen LogP) is 4.28. The lowest BCUT2D eigenvalue weighted by Crippen LogP contribution is -2.33. The van der Waals surface area contributed by atoms with Gasteiger partial charge in [0, 0.05) is 11.3 Å². The molecule has 106 valence electrons. The first-order valence-corrected chi connectivity index (χ1v) is 7.23. The van der Waals surface area contributed by atoms with Gasteiger partial charge in [-0.1, -0.05) is 19.1 Å². The smallest absolute Gasteiger partial charge is 0.404 e. The molecular formula is C13H16F3NOS. The molecule has 0 amide bonds. The second kappa shape index (κ2) is 5.94. The van der Waals surface area contributed by atoms with Crippen molar-refractivity contribution in [2.75, 3.05) is 11.1 Å². The summed E-state index contributed by atoms with van der Waals surface area (Å²) in [7, 11) is 0. The maximum atomic E-state index is 12.3. The number of thioether (sulfide) groups is 1. The van der Waals surface area contributed by atoms with E-state index in [0.717, 1.165) is 18.6 Å². The molecule has 2 atom stereocenters. The highest BCUT2D eigenvalue weighted by atomic mass is 32.2. The first-order valence-electron chi connectivity index (χ1n) is 6.18. The van der Waals surface area contributed by atoms with Crippen molar-refractivity contribution in [1.29, 1.82) is 0 Å². The van der Waals surface area contributed by atoms with Gasteiger partial charge in [-0.25, -0.2) is 0 Å². The van der Waals surface area contributed by atoms with Crippen LogP contribution in [0.2, 0.25) is 0 Å². The van der Waals surface area contributed by atoms with Crippen LogP contribution in [0.4, 0.5) is 18.9 Å². The van der Waals surface area contributed by atoms with E-state index in [1.54, 1.807) is 12.1 Å². The van der Waals surface area contributed by atoms with Gasteiger partial charge < -0.3 is 10.1 Å². The highest BCUT2D eigenvalue weighted by Crippen LogP contribution is 2.33. The van der Waals surface area contributed by atoms with E-state index in [4.69, 9.17) is 0 Å². The molecule has 0 saturated carbocycles. The number of halogens is 3. The molecule has 1 heterocycles. The quantitative estimate of drug-likeness (QED) is 0.898. The minimum Gasteiger partial charge on any atom is -0.404 e. The van der Waals surface area contributed by atoms with Crippen LogP contribution in [0.15, 0.2) is 24.3 Å². The van der Waals surface area contributed by atoms with Gasteiger partial charge >= 0.3 is 6.36 Å². The van der Waals surface area contributed by atoms with Crippen LogP contribution in [-0.4, -0.2) is 23.4 Å². The van der Waals surface area contributed by atoms with Gasteiger partial charge in [0.25, 0.3) is 0 Å². The van der Waals surface area contributed by atoms with Crippen LogP contribution in [0.1, 0.15) is 19.8 Å². The molecule has 0 radical (unpaired) electrons. The molecule has 19 heavy (non-hydrogen) atoms. The number of benzene rings is 1. The number of ether oxygens (including phenoxy) is 1. The Morgan fingerprint density at radius 1 is 1.32 bits per heavy atom. The molecule has 6 heteroatoms. The Hall–Kier alpha value is -1.04. The molecule has 2 unspecified atom stereocenters. The summed E-state index contributed by atoms with van der Waals surface area (Å²) in [6, 6.07) is 6.36. The first kappa shape index (κ1) is 14.4. The zero-order chi connectivity index (χ0) is 13.9. The Kier molecular flexibility index (Phi) is 4.50. The Morgan fingerprint density at radius 3 is 2.74 bits per heavy atom. The van der Waals surface area contributed by atoms with Gasteiger partial charge in [-0.15, -0.1) is 13.2 Å². The molecule has 1 aliphatic heterocycles. The number of anilines is 1. The van der Waals surface area contributed by atoms with Gasteiger partial charge in [0.15, 0.2) is 5.75 Å². The third-order valence-corrected chi connectivity index (χ3v) is 4.44. The Labute approximate surface area is 114 Å². The fourth-order valence-corrected chi connectivity index (χ4v) is 3.25. The lowest BCUT2D eigenvalue weighted by Gasteiger charge is -2.30. The fraction of sp³-hybridized carbons (Fsp3) is 0.538. The molecule has 1 aromatic carbocycles. The van der Waals surface area contributed by atoms with Crippen molar-refractivity contribution in [2.45, 2.75) is 37.4 Å². The van der Waals surface area contributed by atoms with Gasteiger partial charge in [-0.05, 0) is 30.7 Å². The summed E-state index contributed by atoms with van der Waals surface area (Å²) < 4.78 is 41.0. The van der Waals surface area contributed by atoms with Crippen molar-refractivity contribution in [3.05, 3.63) is 24.3 Å². The van der Waals surface area contributed by atoms with E-state index < -0.39 is 6.36 Å². The Bertz CT molecular complexity index is 425. The van der Waals surface area contributed by atoms with Crippen LogP contribution in [0.5, 0.6) is 5.75 Å². The van der Waals surface area contributed by atoms with Crippen molar-refractivity contribution >= 4 is 17.4 Å². The summed E-state index contributed by atoms with van der Waals surface area (Å²) >= 11 is 1.84. The number of hydrogen-bond donors (Lipinski definition) is 1. The third kappa shape index (κ3) is 4.23. The molecule has 1 N–H and O–H groups in total. The van der Waals surface area contributed by atoms with E-state index in [0.29, 0.717) is 10.9 Å². The minimum absolute atomic E-state index is 0.169. The summed E-state index contributed by atoms with van der Waals surface area (Å²) in [4.78, 5) is 0. The molecule has 0 bridgehead atoms. The molecule has 2 rings (SSSR count). The number of rotatable bonds is 3. The summed E-state index contributed by atoms with van der Waals surface area (Å²) in [6.07, 6.45) is -2.62. The van der Waals surface area contributed by atoms with E-state index in [1.165, 1.54) is 12.1 Å². The van der Waals surface area contributed by atoms with Crippen molar-refractivity contribution in [1.82, 2.24) is 0 Å². The van der Waals surface area contributed by atoms with Crippen LogP contribution in [0.25, 0.3) is 0 Å². The first-order chi connectivity index (χ1) is 8.96. The zero-order valence-electron chi connectivity index (χ0n) is 10.5.